The van der Waals surface area contributed by atoms with E-state index < -0.39 is 6.04 Å². The maximum atomic E-state index is 13.8. The Labute approximate surface area is 230 Å². The molecule has 202 valence electrons. The van der Waals surface area contributed by atoms with Gasteiger partial charge in [0.25, 0.3) is 5.91 Å². The maximum absolute atomic E-state index is 13.8. The molecule has 3 heterocycles. The predicted molar refractivity (Wildman–Crippen MR) is 148 cm³/mol. The topological polar surface area (TPSA) is 81.5 Å². The molecule has 8 nitrogen and oxygen atoms in total. The van der Waals surface area contributed by atoms with Crippen molar-refractivity contribution in [3.05, 3.63) is 68.0 Å². The van der Waals surface area contributed by atoms with E-state index >= 15 is 0 Å². The van der Waals surface area contributed by atoms with Crippen LogP contribution in [0, 0.1) is 0 Å². The number of amides is 1. The molecule has 9 heteroatoms. The van der Waals surface area contributed by atoms with Gasteiger partial charge in [-0.15, -0.1) is 0 Å². The Morgan fingerprint density at radius 2 is 1.84 bits per heavy atom. The van der Waals surface area contributed by atoms with Crippen molar-refractivity contribution in [2.75, 3.05) is 53.1 Å². The first-order valence-corrected chi connectivity index (χ1v) is 14.0. The van der Waals surface area contributed by atoms with Crippen molar-refractivity contribution in [2.45, 2.75) is 32.2 Å². The van der Waals surface area contributed by atoms with E-state index in [0.717, 1.165) is 62.1 Å². The third kappa shape index (κ3) is 5.32. The number of nitrogens with zero attached hydrogens (tertiary/aromatic N) is 2. The lowest BCUT2D eigenvalue weighted by Crippen LogP contribution is -2.38. The van der Waals surface area contributed by atoms with E-state index in [0.29, 0.717) is 41.2 Å². The van der Waals surface area contributed by atoms with Gasteiger partial charge in [-0.3, -0.25) is 14.5 Å². The van der Waals surface area contributed by atoms with Crippen LogP contribution in [-0.4, -0.2) is 68.8 Å². The van der Waals surface area contributed by atoms with Crippen molar-refractivity contribution in [3.8, 4) is 11.5 Å². The summed E-state index contributed by atoms with van der Waals surface area (Å²) in [5.41, 5.74) is 1.36. The Morgan fingerprint density at radius 1 is 1.03 bits per heavy atom. The first-order chi connectivity index (χ1) is 18.5. The average molecular weight is 585 g/mol. The zero-order valence-electron chi connectivity index (χ0n) is 21.8. The van der Waals surface area contributed by atoms with Gasteiger partial charge in [0.1, 0.15) is 5.58 Å². The van der Waals surface area contributed by atoms with Crippen LogP contribution in [0.15, 0.2) is 50.1 Å². The summed E-state index contributed by atoms with van der Waals surface area (Å²) in [5.74, 6) is 1.06. The van der Waals surface area contributed by atoms with Crippen LogP contribution in [0.4, 0.5) is 0 Å². The number of hydrogen-bond donors (Lipinski definition) is 0. The number of hydrogen-bond acceptors (Lipinski definition) is 7. The SMILES string of the molecule is CCCCOc1ccc(C2c3c(oc4ccc(Br)cc4c3=O)C(=O)N2CCCN2CCOCC2)cc1OC. The Bertz CT molecular complexity index is 1370. The van der Waals surface area contributed by atoms with E-state index in [1.54, 1.807) is 30.2 Å². The summed E-state index contributed by atoms with van der Waals surface area (Å²) in [6.07, 6.45) is 2.74. The van der Waals surface area contributed by atoms with Crippen LogP contribution in [0.1, 0.15) is 53.9 Å². The van der Waals surface area contributed by atoms with Gasteiger partial charge in [-0.1, -0.05) is 35.3 Å². The van der Waals surface area contributed by atoms with Gasteiger partial charge < -0.3 is 23.5 Å². The monoisotopic (exact) mass is 584 g/mol. The minimum atomic E-state index is -0.583. The summed E-state index contributed by atoms with van der Waals surface area (Å²) in [6, 6.07) is 10.3. The Hall–Kier alpha value is -2.88. The van der Waals surface area contributed by atoms with Crippen LogP contribution in [0.2, 0.25) is 0 Å². The molecule has 0 N–H and O–H groups in total. The van der Waals surface area contributed by atoms with Crippen molar-refractivity contribution in [3.63, 3.8) is 0 Å². The summed E-state index contributed by atoms with van der Waals surface area (Å²) >= 11 is 3.45. The molecule has 1 saturated heterocycles. The van der Waals surface area contributed by atoms with Crippen LogP contribution < -0.4 is 14.9 Å². The van der Waals surface area contributed by atoms with Crippen molar-refractivity contribution >= 4 is 32.8 Å². The molecule has 1 atom stereocenters. The van der Waals surface area contributed by atoms with E-state index in [1.807, 2.05) is 18.2 Å². The number of ether oxygens (including phenoxy) is 3. The molecular formula is C29H33BrN2O6. The number of unbranched alkanes of at least 4 members (excludes halogenated alkanes) is 1. The van der Waals surface area contributed by atoms with Gasteiger partial charge in [-0.2, -0.15) is 0 Å². The second kappa shape index (κ2) is 11.9. The lowest BCUT2D eigenvalue weighted by atomic mass is 9.98. The van der Waals surface area contributed by atoms with Gasteiger partial charge in [-0.05, 0) is 48.7 Å². The molecule has 5 rings (SSSR count). The van der Waals surface area contributed by atoms with Gasteiger partial charge in [-0.25, -0.2) is 0 Å². The van der Waals surface area contributed by atoms with Crippen LogP contribution in [0.5, 0.6) is 11.5 Å². The highest BCUT2D eigenvalue weighted by Gasteiger charge is 2.42. The molecule has 2 aromatic carbocycles. The zero-order valence-corrected chi connectivity index (χ0v) is 23.4. The molecule has 1 unspecified atom stereocenters. The van der Waals surface area contributed by atoms with Gasteiger partial charge in [0.2, 0.25) is 5.76 Å². The fourth-order valence-electron chi connectivity index (χ4n) is 5.16. The Balaban J connectivity index is 1.53. The number of benzene rings is 2. The molecule has 0 saturated carbocycles. The molecule has 2 aliphatic heterocycles. The highest BCUT2D eigenvalue weighted by molar-refractivity contribution is 9.10. The van der Waals surface area contributed by atoms with E-state index in [1.165, 1.54) is 0 Å². The van der Waals surface area contributed by atoms with E-state index in [9.17, 15) is 9.59 Å². The van der Waals surface area contributed by atoms with E-state index in [-0.39, 0.29) is 17.1 Å². The van der Waals surface area contributed by atoms with Crippen LogP contribution in [0.3, 0.4) is 0 Å². The standard InChI is InChI=1S/C29H33BrN2O6/c1-3-4-14-37-23-8-6-19(17-24(23)35-2)26-25-27(33)21-18-20(30)7-9-22(21)38-28(25)29(34)32(26)11-5-10-31-12-15-36-16-13-31/h6-9,17-18,26H,3-5,10-16H2,1-2H3. The lowest BCUT2D eigenvalue weighted by Gasteiger charge is -2.29. The Morgan fingerprint density at radius 3 is 2.61 bits per heavy atom. The fourth-order valence-corrected chi connectivity index (χ4v) is 5.52. The van der Waals surface area contributed by atoms with Gasteiger partial charge in [0.15, 0.2) is 16.9 Å². The van der Waals surface area contributed by atoms with Gasteiger partial charge in [0, 0.05) is 30.7 Å². The smallest absolute Gasteiger partial charge is 0.290 e. The molecule has 3 aromatic rings. The van der Waals surface area contributed by atoms with Crippen molar-refractivity contribution in [1.29, 1.82) is 0 Å². The largest absolute Gasteiger partial charge is 0.493 e. The van der Waals surface area contributed by atoms with Gasteiger partial charge in [0.05, 0.1) is 43.9 Å². The molecule has 38 heavy (non-hydrogen) atoms. The summed E-state index contributed by atoms with van der Waals surface area (Å²) < 4.78 is 23.9. The Kier molecular flexibility index (Phi) is 8.35. The molecule has 1 amide bonds. The quantitative estimate of drug-likeness (QED) is 0.310. The number of morpholine rings is 1. The molecule has 2 aliphatic rings. The first-order valence-electron chi connectivity index (χ1n) is 13.2. The number of carbonyl (C=O) groups is 1. The highest BCUT2D eigenvalue weighted by Crippen LogP contribution is 2.41. The predicted octanol–water partition coefficient (Wildman–Crippen LogP) is 5.01. The third-order valence-corrected chi connectivity index (χ3v) is 7.66. The van der Waals surface area contributed by atoms with Crippen LogP contribution >= 0.6 is 15.9 Å². The second-order valence-electron chi connectivity index (χ2n) is 9.64. The number of carbonyl (C=O) groups excluding carboxylic acids is 1. The van der Waals surface area contributed by atoms with Crippen LogP contribution in [0.25, 0.3) is 11.0 Å². The van der Waals surface area contributed by atoms with Crippen molar-refractivity contribution < 1.29 is 23.4 Å². The molecule has 0 spiro atoms. The molecule has 0 radical (unpaired) electrons. The zero-order chi connectivity index (χ0) is 26.6. The lowest BCUT2D eigenvalue weighted by molar-refractivity contribution is 0.0353. The molecule has 0 aliphatic carbocycles. The molecule has 1 fully saturated rings. The van der Waals surface area contributed by atoms with E-state index in [2.05, 4.69) is 27.8 Å². The third-order valence-electron chi connectivity index (χ3n) is 7.16. The molecule has 1 aromatic heterocycles. The van der Waals surface area contributed by atoms with Crippen molar-refractivity contribution in [2.24, 2.45) is 0 Å². The summed E-state index contributed by atoms with van der Waals surface area (Å²) in [4.78, 5) is 31.6. The van der Waals surface area contributed by atoms with Crippen LogP contribution in [-0.2, 0) is 4.74 Å². The highest BCUT2D eigenvalue weighted by atomic mass is 79.9. The fraction of sp³-hybridized carbons (Fsp3) is 0.448. The maximum Gasteiger partial charge on any atom is 0.290 e. The summed E-state index contributed by atoms with van der Waals surface area (Å²) in [6.45, 7) is 7.26. The second-order valence-corrected chi connectivity index (χ2v) is 10.6. The molecule has 0 bridgehead atoms. The summed E-state index contributed by atoms with van der Waals surface area (Å²) in [5, 5.41) is 0.442. The minimum absolute atomic E-state index is 0.114. The number of methoxy groups -OCH3 is 1. The van der Waals surface area contributed by atoms with Gasteiger partial charge >= 0.3 is 0 Å². The number of halogens is 1. The molecular weight excluding hydrogens is 552 g/mol. The summed E-state index contributed by atoms with van der Waals surface area (Å²) in [7, 11) is 1.60. The first kappa shape index (κ1) is 26.7. The minimum Gasteiger partial charge on any atom is -0.493 e. The number of fused-ring (bicyclic) bond motifs is 2. The average Bonchev–Trinajstić information content (AvgIpc) is 3.21. The van der Waals surface area contributed by atoms with Crippen molar-refractivity contribution in [1.82, 2.24) is 9.80 Å². The number of rotatable bonds is 10. The normalized spacial score (nSPS) is 17.7. The van der Waals surface area contributed by atoms with E-state index in [4.69, 9.17) is 18.6 Å².